The number of aromatic nitrogens is 1. The summed E-state index contributed by atoms with van der Waals surface area (Å²) < 4.78 is 35.3. The molecule has 2 aromatic carbocycles. The van der Waals surface area contributed by atoms with E-state index in [0.717, 1.165) is 30.0 Å². The van der Waals surface area contributed by atoms with E-state index in [0.29, 0.717) is 30.2 Å². The highest BCUT2D eigenvalue weighted by Crippen LogP contribution is 2.33. The lowest BCUT2D eigenvalue weighted by Crippen LogP contribution is -2.36. The summed E-state index contributed by atoms with van der Waals surface area (Å²) in [5.41, 5.74) is 3.95. The Kier molecular flexibility index (Phi) is 6.04. The van der Waals surface area contributed by atoms with Gasteiger partial charge in [0.25, 0.3) is 5.91 Å². The van der Waals surface area contributed by atoms with Crippen molar-refractivity contribution < 1.29 is 18.3 Å². The molecule has 5 nitrogen and oxygen atoms in total. The topological polar surface area (TPSA) is 46.5 Å². The van der Waals surface area contributed by atoms with E-state index in [1.807, 2.05) is 18.4 Å². The number of hydrogen-bond acceptors (Lipinski definition) is 3. The van der Waals surface area contributed by atoms with Gasteiger partial charge in [-0.1, -0.05) is 24.3 Å². The Balaban J connectivity index is 1.77. The Labute approximate surface area is 180 Å². The molecule has 1 aromatic heterocycles. The number of ether oxygens (including phenoxy) is 1. The van der Waals surface area contributed by atoms with Crippen LogP contribution < -0.4 is 10.2 Å². The first-order valence-electron chi connectivity index (χ1n) is 10.3. The second-order valence-electron chi connectivity index (χ2n) is 7.65. The summed E-state index contributed by atoms with van der Waals surface area (Å²) in [6, 6.07) is 12.3. The molecule has 3 aromatic rings. The zero-order valence-electron chi connectivity index (χ0n) is 17.6. The number of carbonyl (C=O) groups is 1. The van der Waals surface area contributed by atoms with Gasteiger partial charge in [-0.05, 0) is 38.1 Å². The fourth-order valence-electron chi connectivity index (χ4n) is 4.18. The molecule has 1 N–H and O–H groups in total. The van der Waals surface area contributed by atoms with Crippen LogP contribution in [0, 0.1) is 25.5 Å². The Bertz CT molecular complexity index is 1100. The van der Waals surface area contributed by atoms with Crippen molar-refractivity contribution in [1.29, 1.82) is 0 Å². The lowest BCUT2D eigenvalue weighted by atomic mass is 10.1. The molecule has 0 spiro atoms. The summed E-state index contributed by atoms with van der Waals surface area (Å²) in [5.74, 6) is -1.11. The van der Waals surface area contributed by atoms with Gasteiger partial charge in [0.1, 0.15) is 17.3 Å². The first kappa shape index (κ1) is 21.1. The van der Waals surface area contributed by atoms with Crippen molar-refractivity contribution >= 4 is 17.3 Å². The van der Waals surface area contributed by atoms with Crippen LogP contribution in [0.3, 0.4) is 0 Å². The van der Waals surface area contributed by atoms with Crippen LogP contribution in [0.1, 0.15) is 27.3 Å². The molecule has 1 aliphatic rings. The van der Waals surface area contributed by atoms with E-state index in [4.69, 9.17) is 4.74 Å². The molecule has 162 valence electrons. The second kappa shape index (κ2) is 8.89. The van der Waals surface area contributed by atoms with Crippen molar-refractivity contribution in [2.75, 3.05) is 36.5 Å². The smallest absolute Gasteiger partial charge is 0.272 e. The third kappa shape index (κ3) is 4.32. The molecule has 0 bridgehead atoms. The molecule has 0 aliphatic carbocycles. The van der Waals surface area contributed by atoms with Crippen molar-refractivity contribution in [1.82, 2.24) is 4.57 Å². The largest absolute Gasteiger partial charge is 0.378 e. The molecular formula is C24H25F2N3O2. The molecule has 31 heavy (non-hydrogen) atoms. The van der Waals surface area contributed by atoms with Crippen LogP contribution in [0.2, 0.25) is 0 Å². The number of nitrogens with one attached hydrogen (secondary N) is 1. The molecule has 0 radical (unpaired) electrons. The normalized spacial score (nSPS) is 14.0. The van der Waals surface area contributed by atoms with E-state index >= 15 is 0 Å². The van der Waals surface area contributed by atoms with Gasteiger partial charge in [-0.15, -0.1) is 0 Å². The Morgan fingerprint density at radius 3 is 2.52 bits per heavy atom. The minimum Gasteiger partial charge on any atom is -0.378 e. The van der Waals surface area contributed by atoms with Gasteiger partial charge in [0.05, 0.1) is 25.4 Å². The number of amides is 1. The van der Waals surface area contributed by atoms with Crippen LogP contribution in [0.25, 0.3) is 0 Å². The maximum atomic E-state index is 14.4. The summed E-state index contributed by atoms with van der Waals surface area (Å²) in [5, 5.41) is 2.79. The number of carbonyl (C=O) groups excluding carboxylic acids is 1. The monoisotopic (exact) mass is 425 g/mol. The van der Waals surface area contributed by atoms with E-state index in [-0.39, 0.29) is 18.3 Å². The molecule has 7 heteroatoms. The molecule has 1 fully saturated rings. The summed E-state index contributed by atoms with van der Waals surface area (Å²) in [6.45, 7) is 6.72. The van der Waals surface area contributed by atoms with E-state index < -0.39 is 5.82 Å². The Morgan fingerprint density at radius 2 is 1.81 bits per heavy atom. The van der Waals surface area contributed by atoms with Gasteiger partial charge in [0.2, 0.25) is 0 Å². The fraction of sp³-hybridized carbons (Fsp3) is 0.292. The minimum absolute atomic E-state index is 0.218. The van der Waals surface area contributed by atoms with Gasteiger partial charge in [0, 0.05) is 35.6 Å². The van der Waals surface area contributed by atoms with Crippen LogP contribution in [0.4, 0.5) is 20.2 Å². The molecule has 0 saturated carbocycles. The fourth-order valence-corrected chi connectivity index (χ4v) is 4.18. The minimum atomic E-state index is -0.429. The van der Waals surface area contributed by atoms with Crippen molar-refractivity contribution in [3.63, 3.8) is 0 Å². The summed E-state index contributed by atoms with van der Waals surface area (Å²) in [7, 11) is 0. The first-order chi connectivity index (χ1) is 15.0. The quantitative estimate of drug-likeness (QED) is 0.654. The average molecular weight is 425 g/mol. The van der Waals surface area contributed by atoms with Crippen molar-refractivity contribution in [3.05, 3.63) is 82.7 Å². The van der Waals surface area contributed by atoms with Gasteiger partial charge in [-0.3, -0.25) is 4.79 Å². The number of morpholine rings is 1. The zero-order chi connectivity index (χ0) is 22.0. The number of anilines is 2. The SMILES string of the molecule is Cc1c(N2CCOCC2)c(C)n(Cc2ccccc2F)c1C(=O)Nc1cccc(F)c1. The molecule has 1 aliphatic heterocycles. The Hall–Kier alpha value is -3.19. The summed E-state index contributed by atoms with van der Waals surface area (Å²) >= 11 is 0. The number of hydrogen-bond donors (Lipinski definition) is 1. The third-order valence-corrected chi connectivity index (χ3v) is 5.64. The average Bonchev–Trinajstić information content (AvgIpc) is 3.00. The molecule has 1 amide bonds. The van der Waals surface area contributed by atoms with Crippen LogP contribution in [-0.4, -0.2) is 36.8 Å². The Morgan fingerprint density at radius 1 is 1.06 bits per heavy atom. The molecule has 4 rings (SSSR count). The maximum absolute atomic E-state index is 14.4. The number of nitrogens with zero attached hydrogens (tertiary/aromatic N) is 2. The third-order valence-electron chi connectivity index (χ3n) is 5.64. The van der Waals surface area contributed by atoms with Crippen LogP contribution in [0.5, 0.6) is 0 Å². The highest BCUT2D eigenvalue weighted by molar-refractivity contribution is 6.05. The van der Waals surface area contributed by atoms with E-state index in [1.165, 1.54) is 18.2 Å². The van der Waals surface area contributed by atoms with Gasteiger partial charge in [-0.2, -0.15) is 0 Å². The lowest BCUT2D eigenvalue weighted by Gasteiger charge is -2.29. The first-order valence-corrected chi connectivity index (χ1v) is 10.3. The number of rotatable bonds is 5. The van der Waals surface area contributed by atoms with Gasteiger partial charge in [0.15, 0.2) is 0 Å². The van der Waals surface area contributed by atoms with Crippen molar-refractivity contribution in [2.45, 2.75) is 20.4 Å². The lowest BCUT2D eigenvalue weighted by molar-refractivity contribution is 0.101. The predicted octanol–water partition coefficient (Wildman–Crippen LogP) is 4.52. The second-order valence-corrected chi connectivity index (χ2v) is 7.65. The van der Waals surface area contributed by atoms with Crippen LogP contribution >= 0.6 is 0 Å². The van der Waals surface area contributed by atoms with E-state index in [1.54, 1.807) is 30.3 Å². The predicted molar refractivity (Wildman–Crippen MR) is 117 cm³/mol. The van der Waals surface area contributed by atoms with Crippen LogP contribution in [0.15, 0.2) is 48.5 Å². The molecule has 0 unspecified atom stereocenters. The van der Waals surface area contributed by atoms with Crippen molar-refractivity contribution in [2.24, 2.45) is 0 Å². The summed E-state index contributed by atoms with van der Waals surface area (Å²) in [6.07, 6.45) is 0. The van der Waals surface area contributed by atoms with E-state index in [2.05, 4.69) is 10.2 Å². The van der Waals surface area contributed by atoms with Crippen molar-refractivity contribution in [3.8, 4) is 0 Å². The molecular weight excluding hydrogens is 400 g/mol. The number of benzene rings is 2. The maximum Gasteiger partial charge on any atom is 0.272 e. The van der Waals surface area contributed by atoms with E-state index in [9.17, 15) is 13.6 Å². The number of halogens is 2. The van der Waals surface area contributed by atoms with Gasteiger partial charge in [-0.25, -0.2) is 8.78 Å². The standard InChI is InChI=1S/C24H25F2N3O2/c1-16-22(28-10-12-31-13-11-28)17(2)29(15-18-6-3-4-9-21(18)26)23(16)24(30)27-20-8-5-7-19(25)14-20/h3-9,14H,10-13,15H2,1-2H3,(H,27,30). The van der Waals surface area contributed by atoms with Crippen LogP contribution in [-0.2, 0) is 11.3 Å². The van der Waals surface area contributed by atoms with Gasteiger partial charge < -0.3 is 19.5 Å². The van der Waals surface area contributed by atoms with Gasteiger partial charge >= 0.3 is 0 Å². The molecule has 2 heterocycles. The molecule has 1 saturated heterocycles. The zero-order valence-corrected chi connectivity index (χ0v) is 17.6. The summed E-state index contributed by atoms with van der Waals surface area (Å²) in [4.78, 5) is 15.5. The molecule has 0 atom stereocenters. The highest BCUT2D eigenvalue weighted by atomic mass is 19.1. The highest BCUT2D eigenvalue weighted by Gasteiger charge is 2.27.